The highest BCUT2D eigenvalue weighted by molar-refractivity contribution is 7.91. The fourth-order valence-electron chi connectivity index (χ4n) is 3.29. The normalized spacial score (nSPS) is 11.6. The van der Waals surface area contributed by atoms with Crippen LogP contribution < -0.4 is 4.90 Å². The summed E-state index contributed by atoms with van der Waals surface area (Å²) < 4.78 is 27.7. The first-order chi connectivity index (χ1) is 14.0. The summed E-state index contributed by atoms with van der Waals surface area (Å²) in [5, 5.41) is 8.59. The van der Waals surface area contributed by atoms with Crippen molar-refractivity contribution >= 4 is 37.9 Å². The van der Waals surface area contributed by atoms with Crippen LogP contribution in [0, 0.1) is 6.57 Å². The fourth-order valence-corrected chi connectivity index (χ4v) is 4.54. The molecule has 0 aliphatic heterocycles. The quantitative estimate of drug-likeness (QED) is 0.472. The molecular weight excluding hydrogens is 388 g/mol. The Morgan fingerprint density at radius 2 is 1.83 bits per heavy atom. The zero-order valence-corrected chi connectivity index (χ0v) is 16.8. The highest BCUT2D eigenvalue weighted by atomic mass is 32.2. The predicted molar refractivity (Wildman–Crippen MR) is 110 cm³/mol. The summed E-state index contributed by atoms with van der Waals surface area (Å²) >= 11 is 0. The van der Waals surface area contributed by atoms with Crippen LogP contribution in [0.5, 0.6) is 0 Å². The number of rotatable bonds is 5. The highest BCUT2D eigenvalue weighted by Gasteiger charge is 2.27. The summed E-state index contributed by atoms with van der Waals surface area (Å²) in [5.41, 5.74) is 1.29. The lowest BCUT2D eigenvalue weighted by atomic mass is 10.2. The second kappa shape index (κ2) is 7.14. The van der Waals surface area contributed by atoms with Gasteiger partial charge < -0.3 is 4.90 Å². The van der Waals surface area contributed by atoms with E-state index < -0.39 is 9.84 Å². The number of aromatic nitrogens is 4. The second-order valence-corrected chi connectivity index (χ2v) is 8.23. The van der Waals surface area contributed by atoms with E-state index in [0.717, 1.165) is 5.39 Å². The van der Waals surface area contributed by atoms with Crippen molar-refractivity contribution in [3.8, 4) is 0 Å². The lowest BCUT2D eigenvalue weighted by Crippen LogP contribution is -2.23. The Hall–Kier alpha value is -3.51. The van der Waals surface area contributed by atoms with Crippen LogP contribution in [-0.4, -0.2) is 41.3 Å². The summed E-state index contributed by atoms with van der Waals surface area (Å²) in [4.78, 5) is 10.3. The van der Waals surface area contributed by atoms with Gasteiger partial charge in [-0.15, -0.1) is 5.10 Å². The number of benzene rings is 2. The Balaban J connectivity index is 2.08. The molecule has 0 atom stereocenters. The van der Waals surface area contributed by atoms with Crippen LogP contribution in [0.25, 0.3) is 21.4 Å². The van der Waals surface area contributed by atoms with Gasteiger partial charge in [-0.3, -0.25) is 0 Å². The Morgan fingerprint density at radius 3 is 2.48 bits per heavy atom. The van der Waals surface area contributed by atoms with Crippen LogP contribution in [0.3, 0.4) is 0 Å². The maximum Gasteiger partial charge on any atom is 0.229 e. The molecule has 2 heterocycles. The number of nitrogens with zero attached hydrogens (tertiary/aromatic N) is 6. The number of fused-ring (bicyclic) bond motifs is 3. The first-order valence-electron chi connectivity index (χ1n) is 9.13. The maximum atomic E-state index is 13.2. The molecule has 0 spiro atoms. The third kappa shape index (κ3) is 2.98. The van der Waals surface area contributed by atoms with E-state index in [0.29, 0.717) is 30.1 Å². The average Bonchev–Trinajstić information content (AvgIpc) is 3.19. The summed E-state index contributed by atoms with van der Waals surface area (Å²) in [5.74, 6) is 0.606. The van der Waals surface area contributed by atoms with Gasteiger partial charge in [0.2, 0.25) is 14.9 Å². The Kier molecular flexibility index (Phi) is 4.64. The minimum Gasteiger partial charge on any atom is -0.357 e. The minimum atomic E-state index is -3.88. The molecule has 8 nitrogen and oxygen atoms in total. The summed E-state index contributed by atoms with van der Waals surface area (Å²) in [6.07, 6.45) is 0. The van der Waals surface area contributed by atoms with Gasteiger partial charge in [0, 0.05) is 18.5 Å². The first kappa shape index (κ1) is 18.8. The third-order valence-electron chi connectivity index (χ3n) is 4.78. The zero-order valence-electron chi connectivity index (χ0n) is 15.9. The van der Waals surface area contributed by atoms with Gasteiger partial charge in [-0.05, 0) is 38.1 Å². The first-order valence-corrected chi connectivity index (χ1v) is 10.6. The molecule has 146 valence electrons. The Bertz CT molecular complexity index is 1350. The summed E-state index contributed by atoms with van der Waals surface area (Å²) in [6, 6.07) is 13.3. The molecule has 0 aliphatic carbocycles. The van der Waals surface area contributed by atoms with E-state index in [1.807, 2.05) is 18.7 Å². The van der Waals surface area contributed by atoms with Crippen molar-refractivity contribution in [2.75, 3.05) is 18.0 Å². The molecule has 0 radical (unpaired) electrons. The van der Waals surface area contributed by atoms with Gasteiger partial charge in [-0.2, -0.15) is 4.52 Å². The van der Waals surface area contributed by atoms with E-state index in [1.165, 1.54) is 16.6 Å². The lowest BCUT2D eigenvalue weighted by molar-refractivity contribution is 0.592. The van der Waals surface area contributed by atoms with E-state index in [-0.39, 0.29) is 15.6 Å². The molecule has 0 saturated carbocycles. The van der Waals surface area contributed by atoms with Crippen molar-refractivity contribution in [1.82, 2.24) is 19.8 Å². The van der Waals surface area contributed by atoms with Gasteiger partial charge in [0.15, 0.2) is 11.3 Å². The molecule has 4 rings (SSSR count). The molecule has 0 unspecified atom stereocenters. The van der Waals surface area contributed by atoms with Crippen molar-refractivity contribution in [2.45, 2.75) is 23.8 Å². The van der Waals surface area contributed by atoms with Crippen LogP contribution in [-0.2, 0) is 9.84 Å². The average molecular weight is 406 g/mol. The maximum absolute atomic E-state index is 13.2. The van der Waals surface area contributed by atoms with Crippen molar-refractivity contribution in [3.05, 3.63) is 59.9 Å². The van der Waals surface area contributed by atoms with Crippen molar-refractivity contribution < 1.29 is 8.42 Å². The van der Waals surface area contributed by atoms with E-state index in [1.54, 1.807) is 36.4 Å². The summed E-state index contributed by atoms with van der Waals surface area (Å²) in [6.45, 7) is 12.7. The number of anilines is 1. The lowest BCUT2D eigenvalue weighted by Gasteiger charge is -2.22. The van der Waals surface area contributed by atoms with E-state index in [9.17, 15) is 8.42 Å². The third-order valence-corrected chi connectivity index (χ3v) is 6.44. The zero-order chi connectivity index (χ0) is 20.6. The molecule has 2 aromatic carbocycles. The molecule has 4 aromatic rings. The van der Waals surface area contributed by atoms with Crippen LogP contribution in [0.4, 0.5) is 11.5 Å². The number of hydrogen-bond donors (Lipinski definition) is 0. The predicted octanol–water partition coefficient (Wildman–Crippen LogP) is 3.51. The fraction of sp³-hybridized carbons (Fsp3) is 0.200. The van der Waals surface area contributed by atoms with Crippen LogP contribution in [0.1, 0.15) is 13.8 Å². The van der Waals surface area contributed by atoms with Crippen LogP contribution in [0.2, 0.25) is 0 Å². The van der Waals surface area contributed by atoms with Crippen molar-refractivity contribution in [3.63, 3.8) is 0 Å². The van der Waals surface area contributed by atoms with Gasteiger partial charge >= 0.3 is 0 Å². The highest BCUT2D eigenvalue weighted by Crippen LogP contribution is 2.32. The van der Waals surface area contributed by atoms with Gasteiger partial charge in [-0.25, -0.2) is 18.2 Å². The molecule has 29 heavy (non-hydrogen) atoms. The molecule has 0 aliphatic rings. The van der Waals surface area contributed by atoms with Crippen LogP contribution in [0.15, 0.2) is 58.5 Å². The number of hydrogen-bond acceptors (Lipinski definition) is 6. The van der Waals surface area contributed by atoms with Gasteiger partial charge in [0.05, 0.1) is 17.0 Å². The molecule has 9 heteroatoms. The largest absolute Gasteiger partial charge is 0.357 e. The molecule has 2 aromatic heterocycles. The van der Waals surface area contributed by atoms with Gasteiger partial charge in [0.1, 0.15) is 5.82 Å². The molecule has 0 bridgehead atoms. The molecule has 0 saturated heterocycles. The monoisotopic (exact) mass is 406 g/mol. The van der Waals surface area contributed by atoms with Crippen molar-refractivity contribution in [1.29, 1.82) is 0 Å². The van der Waals surface area contributed by atoms with E-state index in [4.69, 9.17) is 6.57 Å². The topological polar surface area (TPSA) is 84.8 Å². The van der Waals surface area contributed by atoms with E-state index >= 15 is 0 Å². The molecule has 0 N–H and O–H groups in total. The molecular formula is C20H18N6O2S. The minimum absolute atomic E-state index is 0.136. The van der Waals surface area contributed by atoms with Crippen LogP contribution >= 0.6 is 0 Å². The van der Waals surface area contributed by atoms with E-state index in [2.05, 4.69) is 20.1 Å². The SMILES string of the molecule is [C-]#[N+]c1ccc2c(c1)c(N(CC)CC)nc1c(S(=O)(=O)c3ccccc3)nnn12. The Labute approximate surface area is 168 Å². The van der Waals surface area contributed by atoms with Gasteiger partial charge in [0.25, 0.3) is 0 Å². The standard InChI is InChI=1S/C20H18N6O2S/c1-4-25(5-2)18-16-13-14(21-3)11-12-17(16)26-19(22-18)20(23-24-26)29(27,28)15-9-7-6-8-10-15/h6-13H,4-5H2,1-2H3. The second-order valence-electron chi connectivity index (χ2n) is 6.37. The number of sulfone groups is 1. The Morgan fingerprint density at radius 1 is 1.10 bits per heavy atom. The summed E-state index contributed by atoms with van der Waals surface area (Å²) in [7, 11) is -3.88. The van der Waals surface area contributed by atoms with Gasteiger partial charge in [-0.1, -0.05) is 29.5 Å². The smallest absolute Gasteiger partial charge is 0.229 e. The molecule has 0 fully saturated rings. The molecule has 0 amide bonds. The van der Waals surface area contributed by atoms with Crippen molar-refractivity contribution in [2.24, 2.45) is 0 Å².